The number of carbonyl (C=O) groups excluding carboxylic acids is 1. The first-order valence-electron chi connectivity index (χ1n) is 6.35. The molecule has 0 aromatic carbocycles. The summed E-state index contributed by atoms with van der Waals surface area (Å²) in [7, 11) is 0. The Morgan fingerprint density at radius 1 is 1.50 bits per heavy atom. The lowest BCUT2D eigenvalue weighted by Gasteiger charge is -2.23. The number of aliphatic hydroxyl groups is 1. The molecule has 0 radical (unpaired) electrons. The van der Waals surface area contributed by atoms with E-state index in [1.807, 2.05) is 16.7 Å². The summed E-state index contributed by atoms with van der Waals surface area (Å²) in [5.74, 6) is 0.199. The third kappa shape index (κ3) is 4.10. The predicted molar refractivity (Wildman–Crippen MR) is 64.2 cm³/mol. The highest BCUT2D eigenvalue weighted by Crippen LogP contribution is 2.08. The number of hydrogen-bond acceptors (Lipinski definition) is 3. The maximum absolute atomic E-state index is 11.9. The molecule has 1 fully saturated rings. The maximum Gasteiger partial charge on any atom is 0.236 e. The van der Waals surface area contributed by atoms with Crippen LogP contribution in [0.2, 0.25) is 0 Å². The van der Waals surface area contributed by atoms with Gasteiger partial charge in [0, 0.05) is 26.2 Å². The van der Waals surface area contributed by atoms with Crippen molar-refractivity contribution in [2.45, 2.75) is 39.2 Å². The van der Waals surface area contributed by atoms with Crippen LogP contribution in [0.25, 0.3) is 0 Å². The van der Waals surface area contributed by atoms with Crippen LogP contribution in [0.4, 0.5) is 0 Å². The lowest BCUT2D eigenvalue weighted by Crippen LogP contribution is -2.40. The zero-order chi connectivity index (χ0) is 12.0. The SMILES string of the molecule is CCCCN(CC)C(=O)CN1CC[C@H](O)C1. The molecule has 1 N–H and O–H groups in total. The molecule has 0 unspecified atom stereocenters. The average molecular weight is 228 g/mol. The number of carbonyl (C=O) groups is 1. The number of amides is 1. The van der Waals surface area contributed by atoms with Crippen LogP contribution >= 0.6 is 0 Å². The smallest absolute Gasteiger partial charge is 0.236 e. The van der Waals surface area contributed by atoms with E-state index >= 15 is 0 Å². The van der Waals surface area contributed by atoms with Crippen molar-refractivity contribution in [1.82, 2.24) is 9.80 Å². The fraction of sp³-hybridized carbons (Fsp3) is 0.917. The van der Waals surface area contributed by atoms with Gasteiger partial charge >= 0.3 is 0 Å². The van der Waals surface area contributed by atoms with E-state index in [0.29, 0.717) is 13.1 Å². The molecule has 0 spiro atoms. The lowest BCUT2D eigenvalue weighted by atomic mass is 10.3. The molecule has 0 aromatic heterocycles. The molecular weight excluding hydrogens is 204 g/mol. The minimum absolute atomic E-state index is 0.199. The van der Waals surface area contributed by atoms with Crippen LogP contribution in [-0.2, 0) is 4.79 Å². The molecule has 1 rings (SSSR count). The first-order valence-corrected chi connectivity index (χ1v) is 6.35. The topological polar surface area (TPSA) is 43.8 Å². The number of unbranched alkanes of at least 4 members (excludes halogenated alkanes) is 1. The fourth-order valence-corrected chi connectivity index (χ4v) is 2.06. The zero-order valence-corrected chi connectivity index (χ0v) is 10.5. The molecule has 1 saturated heterocycles. The van der Waals surface area contributed by atoms with E-state index in [9.17, 15) is 9.90 Å². The second-order valence-corrected chi connectivity index (χ2v) is 4.50. The van der Waals surface area contributed by atoms with E-state index in [0.717, 1.165) is 38.9 Å². The molecule has 1 aliphatic rings. The molecule has 1 atom stereocenters. The Labute approximate surface area is 98.2 Å². The van der Waals surface area contributed by atoms with Crippen molar-refractivity contribution in [3.8, 4) is 0 Å². The Bertz CT molecular complexity index is 221. The number of aliphatic hydroxyl groups excluding tert-OH is 1. The normalized spacial score (nSPS) is 21.3. The van der Waals surface area contributed by atoms with Gasteiger partial charge in [-0.2, -0.15) is 0 Å². The number of rotatable bonds is 6. The number of nitrogens with zero attached hydrogens (tertiary/aromatic N) is 2. The van der Waals surface area contributed by atoms with Gasteiger partial charge in [0.1, 0.15) is 0 Å². The van der Waals surface area contributed by atoms with Gasteiger partial charge in [-0.3, -0.25) is 9.69 Å². The van der Waals surface area contributed by atoms with Crippen LogP contribution < -0.4 is 0 Å². The summed E-state index contributed by atoms with van der Waals surface area (Å²) in [5, 5.41) is 9.38. The Morgan fingerprint density at radius 2 is 2.25 bits per heavy atom. The van der Waals surface area contributed by atoms with E-state index in [-0.39, 0.29) is 12.0 Å². The second kappa shape index (κ2) is 6.86. The third-order valence-electron chi connectivity index (χ3n) is 3.12. The van der Waals surface area contributed by atoms with Crippen molar-refractivity contribution < 1.29 is 9.90 Å². The molecule has 4 heteroatoms. The van der Waals surface area contributed by atoms with E-state index in [4.69, 9.17) is 0 Å². The molecule has 1 heterocycles. The number of likely N-dealkylation sites (tertiary alicyclic amines) is 1. The number of hydrogen-bond donors (Lipinski definition) is 1. The van der Waals surface area contributed by atoms with Gasteiger partial charge in [0.15, 0.2) is 0 Å². The van der Waals surface area contributed by atoms with Gasteiger partial charge in [0.05, 0.1) is 12.6 Å². The molecule has 94 valence electrons. The minimum Gasteiger partial charge on any atom is -0.392 e. The van der Waals surface area contributed by atoms with Crippen LogP contribution in [0.5, 0.6) is 0 Å². The van der Waals surface area contributed by atoms with Crippen LogP contribution in [0.1, 0.15) is 33.1 Å². The largest absolute Gasteiger partial charge is 0.392 e. The van der Waals surface area contributed by atoms with Crippen LogP contribution in [-0.4, -0.2) is 59.6 Å². The molecule has 1 aliphatic heterocycles. The molecule has 1 amide bonds. The van der Waals surface area contributed by atoms with Crippen LogP contribution in [0.3, 0.4) is 0 Å². The number of β-amino-alcohol motifs (C(OH)–C–C–N with tert-alkyl or cyclic N) is 1. The fourth-order valence-electron chi connectivity index (χ4n) is 2.06. The van der Waals surface area contributed by atoms with Crippen molar-refractivity contribution in [2.75, 3.05) is 32.7 Å². The van der Waals surface area contributed by atoms with Crippen LogP contribution in [0.15, 0.2) is 0 Å². The third-order valence-corrected chi connectivity index (χ3v) is 3.12. The van der Waals surface area contributed by atoms with Crippen molar-refractivity contribution in [3.63, 3.8) is 0 Å². The van der Waals surface area contributed by atoms with E-state index in [2.05, 4.69) is 6.92 Å². The van der Waals surface area contributed by atoms with E-state index < -0.39 is 0 Å². The summed E-state index contributed by atoms with van der Waals surface area (Å²) in [6.45, 7) is 7.77. The predicted octanol–water partition coefficient (Wildman–Crippen LogP) is 0.702. The maximum atomic E-state index is 11.9. The molecule has 0 aliphatic carbocycles. The van der Waals surface area contributed by atoms with Gasteiger partial charge in [0.25, 0.3) is 0 Å². The van der Waals surface area contributed by atoms with E-state index in [1.165, 1.54) is 0 Å². The highest BCUT2D eigenvalue weighted by molar-refractivity contribution is 5.78. The summed E-state index contributed by atoms with van der Waals surface area (Å²) in [4.78, 5) is 15.9. The molecule has 16 heavy (non-hydrogen) atoms. The molecule has 0 bridgehead atoms. The quantitative estimate of drug-likeness (QED) is 0.728. The van der Waals surface area contributed by atoms with Gasteiger partial charge in [0.2, 0.25) is 5.91 Å². The number of likely N-dealkylation sites (N-methyl/N-ethyl adjacent to an activating group) is 1. The van der Waals surface area contributed by atoms with Crippen molar-refractivity contribution >= 4 is 5.91 Å². The summed E-state index contributed by atoms with van der Waals surface area (Å²) >= 11 is 0. The van der Waals surface area contributed by atoms with Gasteiger partial charge < -0.3 is 10.0 Å². The first-order chi connectivity index (χ1) is 7.67. The van der Waals surface area contributed by atoms with Crippen molar-refractivity contribution in [1.29, 1.82) is 0 Å². The molecule has 4 nitrogen and oxygen atoms in total. The lowest BCUT2D eigenvalue weighted by molar-refractivity contribution is -0.132. The summed E-state index contributed by atoms with van der Waals surface area (Å²) < 4.78 is 0. The Morgan fingerprint density at radius 3 is 2.75 bits per heavy atom. The monoisotopic (exact) mass is 228 g/mol. The molecule has 0 saturated carbocycles. The van der Waals surface area contributed by atoms with Crippen LogP contribution in [0, 0.1) is 0 Å². The first kappa shape index (κ1) is 13.5. The summed E-state index contributed by atoms with van der Waals surface area (Å²) in [6.07, 6.45) is 2.75. The van der Waals surface area contributed by atoms with Gasteiger partial charge in [-0.15, -0.1) is 0 Å². The van der Waals surface area contributed by atoms with Crippen molar-refractivity contribution in [2.24, 2.45) is 0 Å². The Balaban J connectivity index is 2.31. The van der Waals surface area contributed by atoms with Crippen molar-refractivity contribution in [3.05, 3.63) is 0 Å². The molecule has 0 aromatic rings. The highest BCUT2D eigenvalue weighted by Gasteiger charge is 2.23. The average Bonchev–Trinajstić information content (AvgIpc) is 2.65. The highest BCUT2D eigenvalue weighted by atomic mass is 16.3. The van der Waals surface area contributed by atoms with Gasteiger partial charge in [-0.25, -0.2) is 0 Å². The summed E-state index contributed by atoms with van der Waals surface area (Å²) in [6, 6.07) is 0. The molecular formula is C12H24N2O2. The minimum atomic E-state index is -0.237. The van der Waals surface area contributed by atoms with Gasteiger partial charge in [-0.1, -0.05) is 13.3 Å². The summed E-state index contributed by atoms with van der Waals surface area (Å²) in [5.41, 5.74) is 0. The Hall–Kier alpha value is -0.610. The van der Waals surface area contributed by atoms with Gasteiger partial charge in [-0.05, 0) is 19.8 Å². The van der Waals surface area contributed by atoms with E-state index in [1.54, 1.807) is 0 Å². The Kier molecular flexibility index (Phi) is 5.77. The zero-order valence-electron chi connectivity index (χ0n) is 10.5. The second-order valence-electron chi connectivity index (χ2n) is 4.50. The standard InChI is InChI=1S/C12H24N2O2/c1-3-5-7-14(4-2)12(16)10-13-8-6-11(15)9-13/h11,15H,3-10H2,1-2H3/t11-/m0/s1.